The van der Waals surface area contributed by atoms with Gasteiger partial charge in [-0.2, -0.15) is 0 Å². The molecule has 0 aromatic carbocycles. The first kappa shape index (κ1) is 10.7. The van der Waals surface area contributed by atoms with Crippen LogP contribution in [0.2, 0.25) is 0 Å². The molecule has 1 saturated carbocycles. The monoisotopic (exact) mass is 229 g/mol. The van der Waals surface area contributed by atoms with Crippen molar-refractivity contribution in [2.24, 2.45) is 11.8 Å². The number of hydrogen-bond acceptors (Lipinski definition) is 4. The van der Waals surface area contributed by atoms with Gasteiger partial charge in [-0.15, -0.1) is 16.7 Å². The molecular formula is C10H16ClN3O. The molecule has 1 fully saturated rings. The molecule has 1 heterocycles. The smallest absolute Gasteiger partial charge is 0.315 e. The summed E-state index contributed by atoms with van der Waals surface area (Å²) in [7, 11) is 0. The van der Waals surface area contributed by atoms with E-state index >= 15 is 0 Å². The van der Waals surface area contributed by atoms with Crippen LogP contribution in [0.5, 0.6) is 0 Å². The molecule has 0 amide bonds. The number of halogens is 1. The zero-order valence-corrected chi connectivity index (χ0v) is 9.79. The van der Waals surface area contributed by atoms with Gasteiger partial charge < -0.3 is 9.73 Å². The lowest BCUT2D eigenvalue weighted by Gasteiger charge is -2.17. The Hall–Kier alpha value is -0.770. The fourth-order valence-corrected chi connectivity index (χ4v) is 2.20. The van der Waals surface area contributed by atoms with Crippen molar-refractivity contribution in [1.82, 2.24) is 10.2 Å². The van der Waals surface area contributed by atoms with Crippen molar-refractivity contribution in [2.75, 3.05) is 5.32 Å². The molecule has 0 spiro atoms. The van der Waals surface area contributed by atoms with Gasteiger partial charge in [0.05, 0.1) is 0 Å². The third-order valence-corrected chi connectivity index (χ3v) is 3.58. The van der Waals surface area contributed by atoms with Gasteiger partial charge in [0, 0.05) is 6.04 Å². The van der Waals surface area contributed by atoms with Crippen LogP contribution in [0.1, 0.15) is 32.6 Å². The molecule has 15 heavy (non-hydrogen) atoms. The third-order valence-electron chi connectivity index (χ3n) is 3.36. The zero-order chi connectivity index (χ0) is 10.8. The molecule has 3 atom stereocenters. The van der Waals surface area contributed by atoms with Gasteiger partial charge in [0.1, 0.15) is 5.88 Å². The lowest BCUT2D eigenvalue weighted by Crippen LogP contribution is -2.24. The lowest BCUT2D eigenvalue weighted by molar-refractivity contribution is 0.426. The highest BCUT2D eigenvalue weighted by molar-refractivity contribution is 6.16. The average molecular weight is 230 g/mol. The Kier molecular flexibility index (Phi) is 3.14. The second kappa shape index (κ2) is 4.39. The summed E-state index contributed by atoms with van der Waals surface area (Å²) < 4.78 is 5.31. The van der Waals surface area contributed by atoms with Crippen molar-refractivity contribution in [3.8, 4) is 0 Å². The minimum Gasteiger partial charge on any atom is -0.407 e. The molecule has 0 aliphatic heterocycles. The number of alkyl halides is 1. The summed E-state index contributed by atoms with van der Waals surface area (Å²) in [6.07, 6.45) is 2.43. The molecule has 0 bridgehead atoms. The van der Waals surface area contributed by atoms with E-state index in [1.54, 1.807) is 0 Å². The normalized spacial score (nSPS) is 30.7. The van der Waals surface area contributed by atoms with Crippen LogP contribution in [0.25, 0.3) is 0 Å². The maximum absolute atomic E-state index is 5.58. The summed E-state index contributed by atoms with van der Waals surface area (Å²) in [6.45, 7) is 4.54. The van der Waals surface area contributed by atoms with E-state index in [-0.39, 0.29) is 5.88 Å². The summed E-state index contributed by atoms with van der Waals surface area (Å²) in [6, 6.07) is 0.945. The number of hydrogen-bond donors (Lipinski definition) is 1. The second-order valence-corrected chi connectivity index (χ2v) is 4.57. The van der Waals surface area contributed by atoms with Crippen LogP contribution < -0.4 is 5.32 Å². The van der Waals surface area contributed by atoms with E-state index in [1.807, 2.05) is 0 Å². The molecule has 84 valence electrons. The van der Waals surface area contributed by atoms with E-state index in [0.717, 1.165) is 5.92 Å². The molecule has 1 aliphatic carbocycles. The number of nitrogens with zero attached hydrogens (tertiary/aromatic N) is 2. The van der Waals surface area contributed by atoms with Crippen LogP contribution in [0.4, 0.5) is 6.01 Å². The van der Waals surface area contributed by atoms with E-state index in [9.17, 15) is 0 Å². The first-order chi connectivity index (χ1) is 7.20. The fraction of sp³-hybridized carbons (Fsp3) is 0.800. The number of anilines is 1. The molecule has 3 unspecified atom stereocenters. The molecule has 1 aromatic rings. The van der Waals surface area contributed by atoms with E-state index in [1.165, 1.54) is 12.8 Å². The average Bonchev–Trinajstić information content (AvgIpc) is 2.80. The highest BCUT2D eigenvalue weighted by Crippen LogP contribution is 2.32. The van der Waals surface area contributed by atoms with Gasteiger partial charge in [-0.05, 0) is 24.7 Å². The molecule has 1 N–H and O–H groups in total. The van der Waals surface area contributed by atoms with Crippen LogP contribution in [0, 0.1) is 11.8 Å². The molecular weight excluding hydrogens is 214 g/mol. The predicted octanol–water partition coefficient (Wildman–Crippen LogP) is 2.65. The summed E-state index contributed by atoms with van der Waals surface area (Å²) in [5, 5.41) is 11.0. The number of nitrogens with one attached hydrogen (secondary N) is 1. The highest BCUT2D eigenvalue weighted by Gasteiger charge is 2.30. The standard InChI is InChI=1S/C10H16ClN3O/c1-6-3-4-8(7(6)2)12-10-14-13-9(5-11)15-10/h6-8H,3-5H2,1-2H3,(H,12,14). The minimum atomic E-state index is 0.269. The Morgan fingerprint density at radius 1 is 1.40 bits per heavy atom. The van der Waals surface area contributed by atoms with Crippen LogP contribution >= 0.6 is 11.6 Å². The summed E-state index contributed by atoms with van der Waals surface area (Å²) in [4.78, 5) is 0. The van der Waals surface area contributed by atoms with Crippen LogP contribution in [-0.2, 0) is 5.88 Å². The topological polar surface area (TPSA) is 51.0 Å². The van der Waals surface area contributed by atoms with Gasteiger partial charge in [-0.3, -0.25) is 0 Å². The summed E-state index contributed by atoms with van der Waals surface area (Å²) >= 11 is 5.58. The maximum atomic E-state index is 5.58. The second-order valence-electron chi connectivity index (χ2n) is 4.30. The Labute approximate surface area is 94.4 Å². The summed E-state index contributed by atoms with van der Waals surface area (Å²) in [5.74, 6) is 2.15. The van der Waals surface area contributed by atoms with Crippen molar-refractivity contribution in [3.05, 3.63) is 5.89 Å². The van der Waals surface area contributed by atoms with E-state index in [2.05, 4.69) is 29.4 Å². The lowest BCUT2D eigenvalue weighted by atomic mass is 9.98. The van der Waals surface area contributed by atoms with Gasteiger partial charge in [0.2, 0.25) is 5.89 Å². The third kappa shape index (κ3) is 2.25. The Balaban J connectivity index is 1.97. The van der Waals surface area contributed by atoms with Crippen molar-refractivity contribution in [2.45, 2.75) is 38.6 Å². The van der Waals surface area contributed by atoms with Gasteiger partial charge in [0.25, 0.3) is 0 Å². The highest BCUT2D eigenvalue weighted by atomic mass is 35.5. The molecule has 1 aromatic heterocycles. The largest absolute Gasteiger partial charge is 0.407 e. The van der Waals surface area contributed by atoms with Gasteiger partial charge in [-0.1, -0.05) is 18.9 Å². The van der Waals surface area contributed by atoms with Crippen LogP contribution in [0.3, 0.4) is 0 Å². The van der Waals surface area contributed by atoms with Crippen LogP contribution in [-0.4, -0.2) is 16.2 Å². The molecule has 1 aliphatic rings. The van der Waals surface area contributed by atoms with Crippen molar-refractivity contribution >= 4 is 17.6 Å². The van der Waals surface area contributed by atoms with Gasteiger partial charge >= 0.3 is 6.01 Å². The molecule has 2 rings (SSSR count). The first-order valence-corrected chi connectivity index (χ1v) is 5.89. The van der Waals surface area contributed by atoms with Crippen LogP contribution in [0.15, 0.2) is 4.42 Å². The SMILES string of the molecule is CC1CCC(Nc2nnc(CCl)o2)C1C. The van der Waals surface area contributed by atoms with Crippen molar-refractivity contribution in [3.63, 3.8) is 0 Å². The van der Waals surface area contributed by atoms with Gasteiger partial charge in [-0.25, -0.2) is 0 Å². The Bertz CT molecular complexity index is 328. The van der Waals surface area contributed by atoms with Crippen molar-refractivity contribution in [1.29, 1.82) is 0 Å². The first-order valence-electron chi connectivity index (χ1n) is 5.35. The van der Waals surface area contributed by atoms with E-state index in [0.29, 0.717) is 23.9 Å². The van der Waals surface area contributed by atoms with E-state index in [4.69, 9.17) is 16.0 Å². The zero-order valence-electron chi connectivity index (χ0n) is 9.03. The quantitative estimate of drug-likeness (QED) is 0.810. The van der Waals surface area contributed by atoms with Crippen molar-refractivity contribution < 1.29 is 4.42 Å². The predicted molar refractivity (Wildman–Crippen MR) is 58.8 cm³/mol. The number of rotatable bonds is 3. The molecule has 0 saturated heterocycles. The van der Waals surface area contributed by atoms with Gasteiger partial charge in [0.15, 0.2) is 0 Å². The molecule has 0 radical (unpaired) electrons. The number of aromatic nitrogens is 2. The Morgan fingerprint density at radius 3 is 2.73 bits per heavy atom. The Morgan fingerprint density at radius 2 is 2.20 bits per heavy atom. The fourth-order valence-electron chi connectivity index (χ4n) is 2.09. The van der Waals surface area contributed by atoms with E-state index < -0.39 is 0 Å². The summed E-state index contributed by atoms with van der Waals surface area (Å²) in [5.41, 5.74) is 0. The minimum absolute atomic E-state index is 0.269. The molecule has 5 heteroatoms. The maximum Gasteiger partial charge on any atom is 0.315 e. The molecule has 4 nitrogen and oxygen atoms in total.